The second kappa shape index (κ2) is 6.90. The van der Waals surface area contributed by atoms with Crippen LogP contribution in [-0.2, 0) is 0 Å². The molecule has 2 aromatic rings. The quantitative estimate of drug-likeness (QED) is 0.610. The van der Waals surface area contributed by atoms with Crippen LogP contribution in [0.4, 0.5) is 0 Å². The van der Waals surface area contributed by atoms with Crippen LogP contribution in [0.3, 0.4) is 0 Å². The monoisotopic (exact) mass is 256 g/mol. The molecule has 19 heavy (non-hydrogen) atoms. The van der Waals surface area contributed by atoms with Gasteiger partial charge in [0, 0.05) is 18.1 Å². The average Bonchev–Trinajstić information content (AvgIpc) is 2.45. The zero-order chi connectivity index (χ0) is 13.5. The van der Waals surface area contributed by atoms with Crippen LogP contribution in [0.5, 0.6) is 5.75 Å². The minimum atomic E-state index is 0.520. The topological polar surface area (TPSA) is 34.1 Å². The van der Waals surface area contributed by atoms with E-state index in [9.17, 15) is 0 Å². The number of nitrogens with one attached hydrogen (secondary N) is 1. The Labute approximate surface area is 114 Å². The van der Waals surface area contributed by atoms with Gasteiger partial charge in [-0.05, 0) is 30.7 Å². The first-order chi connectivity index (χ1) is 9.31. The highest BCUT2D eigenvalue weighted by molar-refractivity contribution is 5.84. The second-order valence-corrected chi connectivity index (χ2v) is 4.55. The lowest BCUT2D eigenvalue weighted by molar-refractivity contribution is 0.352. The molecule has 1 heterocycles. The van der Waals surface area contributed by atoms with Crippen LogP contribution in [-0.4, -0.2) is 24.7 Å². The molecular weight excluding hydrogens is 236 g/mol. The maximum absolute atomic E-state index is 5.81. The molecule has 2 rings (SSSR count). The number of benzene rings is 1. The summed E-state index contributed by atoms with van der Waals surface area (Å²) in [6.45, 7) is 8.49. The Kier molecular flexibility index (Phi) is 4.93. The van der Waals surface area contributed by atoms with Crippen molar-refractivity contribution in [2.75, 3.05) is 19.7 Å². The van der Waals surface area contributed by atoms with Gasteiger partial charge in [-0.25, -0.2) is 0 Å². The summed E-state index contributed by atoms with van der Waals surface area (Å²) in [6.07, 6.45) is 2.91. The van der Waals surface area contributed by atoms with Crippen molar-refractivity contribution >= 4 is 10.9 Å². The fourth-order valence-electron chi connectivity index (χ4n) is 1.87. The number of hydrogen-bond donors (Lipinski definition) is 1. The van der Waals surface area contributed by atoms with Crippen molar-refractivity contribution in [1.82, 2.24) is 10.3 Å². The van der Waals surface area contributed by atoms with Crippen LogP contribution in [0.2, 0.25) is 0 Å². The van der Waals surface area contributed by atoms with Gasteiger partial charge in [-0.1, -0.05) is 31.7 Å². The largest absolute Gasteiger partial charge is 0.487 e. The van der Waals surface area contributed by atoms with Crippen molar-refractivity contribution < 1.29 is 4.74 Å². The van der Waals surface area contributed by atoms with Crippen molar-refractivity contribution in [3.8, 4) is 5.75 Å². The Morgan fingerprint density at radius 3 is 3.00 bits per heavy atom. The molecule has 0 amide bonds. The summed E-state index contributed by atoms with van der Waals surface area (Å²) in [5.41, 5.74) is 1.95. The number of pyridine rings is 1. The van der Waals surface area contributed by atoms with Gasteiger partial charge in [-0.3, -0.25) is 4.98 Å². The molecular formula is C16H20N2O. The van der Waals surface area contributed by atoms with Crippen molar-refractivity contribution in [1.29, 1.82) is 0 Å². The normalized spacial score (nSPS) is 10.6. The molecule has 0 spiro atoms. The van der Waals surface area contributed by atoms with Crippen molar-refractivity contribution in [2.24, 2.45) is 0 Å². The Hall–Kier alpha value is -1.87. The van der Waals surface area contributed by atoms with Crippen LogP contribution >= 0.6 is 0 Å². The minimum absolute atomic E-state index is 0.520. The average molecular weight is 256 g/mol. The lowest BCUT2D eigenvalue weighted by Crippen LogP contribution is -2.20. The Balaban J connectivity index is 1.96. The minimum Gasteiger partial charge on any atom is -0.487 e. The Morgan fingerprint density at radius 1 is 1.32 bits per heavy atom. The van der Waals surface area contributed by atoms with Gasteiger partial charge in [0.05, 0.1) is 0 Å². The first kappa shape index (κ1) is 13.6. The number of rotatable bonds is 7. The molecule has 0 aliphatic rings. The van der Waals surface area contributed by atoms with E-state index in [0.29, 0.717) is 6.61 Å². The number of nitrogens with zero attached hydrogens (tertiary/aromatic N) is 1. The number of hydrogen-bond acceptors (Lipinski definition) is 3. The summed E-state index contributed by atoms with van der Waals surface area (Å²) < 4.78 is 5.81. The molecule has 3 heteroatoms. The lowest BCUT2D eigenvalue weighted by Gasteiger charge is -2.11. The summed E-state index contributed by atoms with van der Waals surface area (Å²) in [6, 6.07) is 9.93. The molecule has 1 aromatic heterocycles. The third-order valence-corrected chi connectivity index (χ3v) is 2.83. The third kappa shape index (κ3) is 3.80. The maximum Gasteiger partial charge on any atom is 0.146 e. The highest BCUT2D eigenvalue weighted by Crippen LogP contribution is 2.23. The molecule has 3 nitrogen and oxygen atoms in total. The fraction of sp³-hybridized carbons (Fsp3) is 0.312. The summed E-state index contributed by atoms with van der Waals surface area (Å²) in [4.78, 5) is 4.36. The van der Waals surface area contributed by atoms with Crippen LogP contribution in [0.25, 0.3) is 10.9 Å². The molecule has 0 radical (unpaired) electrons. The van der Waals surface area contributed by atoms with Gasteiger partial charge in [0.25, 0.3) is 0 Å². The van der Waals surface area contributed by atoms with E-state index in [-0.39, 0.29) is 0 Å². The number of ether oxygens (including phenoxy) is 1. The number of aromatic nitrogens is 1. The van der Waals surface area contributed by atoms with Crippen molar-refractivity contribution in [3.63, 3.8) is 0 Å². The zero-order valence-corrected chi connectivity index (χ0v) is 11.4. The standard InChI is InChI=1S/C16H20N2O/c1-3-9-17-11-13(2)12-19-15-8-4-6-14-7-5-10-18-16(14)15/h4-8,10,17H,2-3,9,11-12H2,1H3. The second-order valence-electron chi connectivity index (χ2n) is 4.55. The highest BCUT2D eigenvalue weighted by atomic mass is 16.5. The third-order valence-electron chi connectivity index (χ3n) is 2.83. The van der Waals surface area contributed by atoms with E-state index < -0.39 is 0 Å². The molecule has 0 unspecified atom stereocenters. The number of para-hydroxylation sites is 1. The van der Waals surface area contributed by atoms with E-state index >= 15 is 0 Å². The van der Waals surface area contributed by atoms with Gasteiger partial charge >= 0.3 is 0 Å². The Morgan fingerprint density at radius 2 is 2.16 bits per heavy atom. The number of fused-ring (bicyclic) bond motifs is 1. The molecule has 0 aliphatic carbocycles. The van der Waals surface area contributed by atoms with Gasteiger partial charge < -0.3 is 10.1 Å². The van der Waals surface area contributed by atoms with E-state index in [1.165, 1.54) is 0 Å². The molecule has 0 aliphatic heterocycles. The lowest BCUT2D eigenvalue weighted by atomic mass is 10.2. The molecule has 0 bridgehead atoms. The van der Waals surface area contributed by atoms with E-state index in [2.05, 4.69) is 23.8 Å². The molecule has 0 fully saturated rings. The van der Waals surface area contributed by atoms with Crippen LogP contribution in [0, 0.1) is 0 Å². The summed E-state index contributed by atoms with van der Waals surface area (Å²) in [5, 5.41) is 4.41. The molecule has 0 atom stereocenters. The van der Waals surface area contributed by atoms with Gasteiger partial charge in [0.2, 0.25) is 0 Å². The van der Waals surface area contributed by atoms with Gasteiger partial charge in [0.15, 0.2) is 0 Å². The van der Waals surface area contributed by atoms with Gasteiger partial charge in [-0.15, -0.1) is 0 Å². The molecule has 1 N–H and O–H groups in total. The summed E-state index contributed by atoms with van der Waals surface area (Å²) in [5.74, 6) is 0.815. The van der Waals surface area contributed by atoms with Gasteiger partial charge in [-0.2, -0.15) is 0 Å². The van der Waals surface area contributed by atoms with Crippen molar-refractivity contribution in [3.05, 3.63) is 48.7 Å². The maximum atomic E-state index is 5.81. The van der Waals surface area contributed by atoms with E-state index in [1.54, 1.807) is 6.20 Å². The molecule has 0 saturated heterocycles. The predicted molar refractivity (Wildman–Crippen MR) is 79.5 cm³/mol. The molecule has 1 aromatic carbocycles. The first-order valence-corrected chi connectivity index (χ1v) is 6.65. The van der Waals surface area contributed by atoms with E-state index in [1.807, 2.05) is 30.3 Å². The SMILES string of the molecule is C=C(CNCCC)COc1cccc2cccnc12. The molecule has 100 valence electrons. The highest BCUT2D eigenvalue weighted by Gasteiger charge is 2.03. The van der Waals surface area contributed by atoms with Crippen LogP contribution in [0.1, 0.15) is 13.3 Å². The van der Waals surface area contributed by atoms with Crippen LogP contribution in [0.15, 0.2) is 48.7 Å². The van der Waals surface area contributed by atoms with Crippen molar-refractivity contribution in [2.45, 2.75) is 13.3 Å². The van der Waals surface area contributed by atoms with Gasteiger partial charge in [0.1, 0.15) is 17.9 Å². The summed E-state index contributed by atoms with van der Waals surface area (Å²) in [7, 11) is 0. The Bertz CT molecular complexity index is 546. The zero-order valence-electron chi connectivity index (χ0n) is 11.4. The summed E-state index contributed by atoms with van der Waals surface area (Å²) >= 11 is 0. The smallest absolute Gasteiger partial charge is 0.146 e. The first-order valence-electron chi connectivity index (χ1n) is 6.65. The molecule has 0 saturated carbocycles. The van der Waals surface area contributed by atoms with E-state index in [4.69, 9.17) is 4.74 Å². The fourth-order valence-corrected chi connectivity index (χ4v) is 1.87. The van der Waals surface area contributed by atoms with Crippen LogP contribution < -0.4 is 10.1 Å². The predicted octanol–water partition coefficient (Wildman–Crippen LogP) is 3.17. The van der Waals surface area contributed by atoms with E-state index in [0.717, 1.165) is 41.7 Å².